The van der Waals surface area contributed by atoms with Crippen LogP contribution in [0.5, 0.6) is 0 Å². The van der Waals surface area contributed by atoms with E-state index in [1.165, 1.54) is 25.7 Å². The van der Waals surface area contributed by atoms with Gasteiger partial charge >= 0.3 is 0 Å². The number of unbranched alkanes of at least 4 members (excludes halogenated alkanes) is 2. The highest BCUT2D eigenvalue weighted by atomic mass is 79.9. The summed E-state index contributed by atoms with van der Waals surface area (Å²) in [5.74, 6) is 0. The van der Waals surface area contributed by atoms with Crippen molar-refractivity contribution in [3.63, 3.8) is 0 Å². The minimum Gasteiger partial charge on any atom is -0.397 e. The summed E-state index contributed by atoms with van der Waals surface area (Å²) < 4.78 is 0.529. The van der Waals surface area contributed by atoms with Crippen molar-refractivity contribution >= 4 is 31.9 Å². The van der Waals surface area contributed by atoms with Gasteiger partial charge in [-0.2, -0.15) is 0 Å². The smallest absolute Gasteiger partial charge is 0.0697 e. The topological polar surface area (TPSA) is 20.2 Å². The molecule has 0 aromatic carbocycles. The lowest BCUT2D eigenvalue weighted by atomic mass is 10.2. The molecule has 0 amide bonds. The molecule has 0 aliphatic carbocycles. The molecule has 0 atom stereocenters. The Labute approximate surface area is 86.8 Å². The van der Waals surface area contributed by atoms with E-state index in [9.17, 15) is 0 Å². The van der Waals surface area contributed by atoms with Crippen LogP contribution in [0.15, 0.2) is 0 Å². The molecule has 0 aromatic heterocycles. The number of hydrogen-bond acceptors (Lipinski definition) is 1. The summed E-state index contributed by atoms with van der Waals surface area (Å²) in [7, 11) is 0. The van der Waals surface area contributed by atoms with Gasteiger partial charge in [0.2, 0.25) is 0 Å². The molecule has 3 heteroatoms. The summed E-state index contributed by atoms with van der Waals surface area (Å²) in [4.78, 5) is 0. The highest BCUT2D eigenvalue weighted by Crippen LogP contribution is 2.15. The van der Waals surface area contributed by atoms with Gasteiger partial charge in [-0.15, -0.1) is 0 Å². The molecule has 1 N–H and O–H groups in total. The largest absolute Gasteiger partial charge is 0.397 e. The van der Waals surface area contributed by atoms with Gasteiger partial charge in [-0.1, -0.05) is 58.0 Å². The normalized spacial score (nSPS) is 9.27. The van der Waals surface area contributed by atoms with E-state index >= 15 is 0 Å². The van der Waals surface area contributed by atoms with E-state index in [-0.39, 0.29) is 6.61 Å². The molecular formula is C8H18Br2O. The maximum Gasteiger partial charge on any atom is 0.0697 e. The molecule has 0 unspecified atom stereocenters. The number of aliphatic hydroxyl groups is 1. The number of hydrogen-bond donors (Lipinski definition) is 1. The van der Waals surface area contributed by atoms with Gasteiger partial charge in [-0.3, -0.25) is 0 Å². The SMILES string of the molecule is CCCCCC(Br)Br.CCO. The molecule has 1 nitrogen and oxygen atoms in total. The van der Waals surface area contributed by atoms with Crippen LogP contribution in [0, 0.1) is 0 Å². The first-order valence-electron chi connectivity index (χ1n) is 4.08. The van der Waals surface area contributed by atoms with Gasteiger partial charge in [0.15, 0.2) is 0 Å². The summed E-state index contributed by atoms with van der Waals surface area (Å²) in [6.07, 6.45) is 5.24. The zero-order valence-electron chi connectivity index (χ0n) is 7.32. The van der Waals surface area contributed by atoms with Gasteiger partial charge < -0.3 is 5.11 Å². The zero-order valence-corrected chi connectivity index (χ0v) is 10.5. The third kappa shape index (κ3) is 24.8. The lowest BCUT2D eigenvalue weighted by Crippen LogP contribution is -1.83. The molecule has 0 aromatic rings. The van der Waals surface area contributed by atoms with E-state index in [4.69, 9.17) is 5.11 Å². The van der Waals surface area contributed by atoms with Crippen LogP contribution in [0.3, 0.4) is 0 Å². The van der Waals surface area contributed by atoms with Crippen molar-refractivity contribution in [1.29, 1.82) is 0 Å². The Morgan fingerprint density at radius 1 is 1.18 bits per heavy atom. The highest BCUT2D eigenvalue weighted by molar-refractivity contribution is 9.24. The lowest BCUT2D eigenvalue weighted by molar-refractivity contribution is 0.318. The van der Waals surface area contributed by atoms with Gasteiger partial charge in [0.05, 0.1) is 3.74 Å². The molecule has 0 spiro atoms. The number of halogens is 2. The van der Waals surface area contributed by atoms with Crippen LogP contribution in [0.25, 0.3) is 0 Å². The van der Waals surface area contributed by atoms with Crippen LogP contribution in [0.1, 0.15) is 39.5 Å². The van der Waals surface area contributed by atoms with Crippen molar-refractivity contribution < 1.29 is 5.11 Å². The van der Waals surface area contributed by atoms with Gasteiger partial charge in [0, 0.05) is 6.61 Å². The van der Waals surface area contributed by atoms with Crippen LogP contribution in [-0.2, 0) is 0 Å². The van der Waals surface area contributed by atoms with E-state index in [2.05, 4.69) is 38.8 Å². The van der Waals surface area contributed by atoms with Gasteiger partial charge in [0.25, 0.3) is 0 Å². The van der Waals surface area contributed by atoms with Crippen molar-refractivity contribution in [3.8, 4) is 0 Å². The second kappa shape index (κ2) is 13.5. The molecule has 0 aliphatic rings. The molecule has 0 saturated heterocycles. The van der Waals surface area contributed by atoms with E-state index in [0.717, 1.165) is 0 Å². The molecule has 0 heterocycles. The van der Waals surface area contributed by atoms with Crippen molar-refractivity contribution in [2.24, 2.45) is 0 Å². The lowest BCUT2D eigenvalue weighted by Gasteiger charge is -1.97. The first kappa shape index (κ1) is 14.4. The van der Waals surface area contributed by atoms with Gasteiger partial charge in [-0.05, 0) is 13.3 Å². The molecule has 0 saturated carbocycles. The highest BCUT2D eigenvalue weighted by Gasteiger charge is 1.94. The molecule has 0 aliphatic heterocycles. The number of aliphatic hydroxyl groups excluding tert-OH is 1. The first-order chi connectivity index (χ1) is 5.18. The van der Waals surface area contributed by atoms with Gasteiger partial charge in [0.1, 0.15) is 0 Å². The second-order valence-electron chi connectivity index (χ2n) is 2.20. The molecule has 70 valence electrons. The molecule has 0 rings (SSSR count). The standard InChI is InChI=1S/C6H12Br2.C2H6O/c1-2-3-4-5-6(7)8;1-2-3/h6H,2-5H2,1H3;3H,2H2,1H3. The Kier molecular flexibility index (Phi) is 17.7. The fourth-order valence-corrected chi connectivity index (χ4v) is 1.20. The summed E-state index contributed by atoms with van der Waals surface area (Å²) in [6.45, 7) is 4.15. The Morgan fingerprint density at radius 3 is 1.91 bits per heavy atom. The maximum absolute atomic E-state index is 7.57. The zero-order chi connectivity index (χ0) is 9.11. The molecule has 0 fully saturated rings. The Morgan fingerprint density at radius 2 is 1.64 bits per heavy atom. The maximum atomic E-state index is 7.57. The summed E-state index contributed by atoms with van der Waals surface area (Å²) >= 11 is 6.84. The summed E-state index contributed by atoms with van der Waals surface area (Å²) in [6, 6.07) is 0. The summed E-state index contributed by atoms with van der Waals surface area (Å²) in [5.41, 5.74) is 0. The van der Waals surface area contributed by atoms with Crippen LogP contribution >= 0.6 is 31.9 Å². The average Bonchev–Trinajstić information content (AvgIpc) is 1.89. The first-order valence-corrected chi connectivity index (χ1v) is 5.91. The second-order valence-corrected chi connectivity index (χ2v) is 5.64. The van der Waals surface area contributed by atoms with Crippen LogP contribution in [0.2, 0.25) is 0 Å². The van der Waals surface area contributed by atoms with E-state index in [1.54, 1.807) is 6.92 Å². The minimum atomic E-state index is 0.250. The third-order valence-electron chi connectivity index (χ3n) is 1.03. The van der Waals surface area contributed by atoms with Crippen LogP contribution < -0.4 is 0 Å². The van der Waals surface area contributed by atoms with Crippen molar-refractivity contribution in [1.82, 2.24) is 0 Å². The monoisotopic (exact) mass is 288 g/mol. The summed E-state index contributed by atoms with van der Waals surface area (Å²) in [5, 5.41) is 7.57. The van der Waals surface area contributed by atoms with Crippen LogP contribution in [0.4, 0.5) is 0 Å². The minimum absolute atomic E-state index is 0.250. The molecular weight excluding hydrogens is 272 g/mol. The Bertz CT molecular complexity index is 58.1. The Hall–Kier alpha value is 0.920. The van der Waals surface area contributed by atoms with Crippen LogP contribution in [-0.4, -0.2) is 15.4 Å². The number of rotatable bonds is 4. The number of alkyl halides is 2. The van der Waals surface area contributed by atoms with E-state index < -0.39 is 0 Å². The molecule has 11 heavy (non-hydrogen) atoms. The fourth-order valence-electron chi connectivity index (χ4n) is 0.549. The average molecular weight is 290 g/mol. The quantitative estimate of drug-likeness (QED) is 0.618. The third-order valence-corrected chi connectivity index (χ3v) is 1.94. The molecule has 0 radical (unpaired) electrons. The van der Waals surface area contributed by atoms with Gasteiger partial charge in [-0.25, -0.2) is 0 Å². The van der Waals surface area contributed by atoms with E-state index in [0.29, 0.717) is 3.74 Å². The predicted octanol–water partition coefficient (Wildman–Crippen LogP) is 3.68. The Balaban J connectivity index is 0. The fraction of sp³-hybridized carbons (Fsp3) is 1.00. The molecule has 0 bridgehead atoms. The van der Waals surface area contributed by atoms with Crippen molar-refractivity contribution in [2.45, 2.75) is 43.3 Å². The van der Waals surface area contributed by atoms with E-state index in [1.807, 2.05) is 0 Å². The van der Waals surface area contributed by atoms with Crippen molar-refractivity contribution in [2.75, 3.05) is 6.61 Å². The van der Waals surface area contributed by atoms with Crippen molar-refractivity contribution in [3.05, 3.63) is 0 Å². The predicted molar refractivity (Wildman–Crippen MR) is 58.5 cm³/mol.